The van der Waals surface area contributed by atoms with Crippen LogP contribution in [0.15, 0.2) is 52.7 Å². The van der Waals surface area contributed by atoms with E-state index in [1.165, 1.54) is 14.2 Å². The van der Waals surface area contributed by atoms with Crippen molar-refractivity contribution in [1.82, 2.24) is 4.98 Å². The summed E-state index contributed by atoms with van der Waals surface area (Å²) in [6.07, 6.45) is 1.05. The largest absolute Gasteiger partial charge is 0.497 e. The fourth-order valence-electron chi connectivity index (χ4n) is 3.87. The maximum Gasteiger partial charge on any atom is 0.185 e. The minimum Gasteiger partial charge on any atom is -0.497 e. The van der Waals surface area contributed by atoms with Crippen LogP contribution in [0.5, 0.6) is 17.2 Å². The van der Waals surface area contributed by atoms with E-state index in [0.717, 1.165) is 22.1 Å². The van der Waals surface area contributed by atoms with Crippen LogP contribution in [0.1, 0.15) is 12.8 Å². The molecule has 2 aromatic carbocycles. The highest BCUT2D eigenvalue weighted by Gasteiger charge is 2.34. The van der Waals surface area contributed by atoms with Gasteiger partial charge in [-0.25, -0.2) is 13.4 Å². The first-order valence-electron chi connectivity index (χ1n) is 10.3. The van der Waals surface area contributed by atoms with Gasteiger partial charge in [-0.2, -0.15) is 0 Å². The Hall–Kier alpha value is -2.78. The van der Waals surface area contributed by atoms with Crippen molar-refractivity contribution < 1.29 is 22.6 Å². The Bertz CT molecular complexity index is 1180. The molecule has 3 aromatic rings. The van der Waals surface area contributed by atoms with E-state index in [1.807, 2.05) is 29.6 Å². The molecule has 1 aliphatic heterocycles. The van der Waals surface area contributed by atoms with Crippen LogP contribution in [0.25, 0.3) is 11.3 Å². The number of thiazole rings is 1. The van der Waals surface area contributed by atoms with Gasteiger partial charge in [0.25, 0.3) is 0 Å². The van der Waals surface area contributed by atoms with E-state index in [2.05, 4.69) is 4.90 Å². The lowest BCUT2D eigenvalue weighted by Gasteiger charge is -2.31. The number of rotatable bonds is 7. The predicted octanol–water partition coefficient (Wildman–Crippen LogP) is 4.28. The molecule has 0 bridgehead atoms. The SMILES string of the molecule is COc1cccc(-c2csc(N3CCC(S(=O)(=O)c4cc(OC)ccc4OC)CC3)n2)c1. The third kappa shape index (κ3) is 4.40. The molecule has 32 heavy (non-hydrogen) atoms. The van der Waals surface area contributed by atoms with Gasteiger partial charge >= 0.3 is 0 Å². The van der Waals surface area contributed by atoms with E-state index in [4.69, 9.17) is 19.2 Å². The van der Waals surface area contributed by atoms with Gasteiger partial charge in [-0.05, 0) is 37.1 Å². The summed E-state index contributed by atoms with van der Waals surface area (Å²) in [5.41, 5.74) is 1.88. The number of nitrogens with zero attached hydrogens (tertiary/aromatic N) is 2. The van der Waals surface area contributed by atoms with Crippen LogP contribution < -0.4 is 19.1 Å². The summed E-state index contributed by atoms with van der Waals surface area (Å²) in [6.45, 7) is 1.25. The van der Waals surface area contributed by atoms with Gasteiger partial charge in [-0.1, -0.05) is 12.1 Å². The molecular formula is C23H26N2O5S2. The van der Waals surface area contributed by atoms with Crippen LogP contribution in [-0.2, 0) is 9.84 Å². The first-order valence-corrected chi connectivity index (χ1v) is 12.7. The second kappa shape index (κ2) is 9.38. The van der Waals surface area contributed by atoms with Gasteiger partial charge < -0.3 is 19.1 Å². The highest BCUT2D eigenvalue weighted by atomic mass is 32.2. The molecule has 1 aliphatic rings. The van der Waals surface area contributed by atoms with Crippen LogP contribution in [0, 0.1) is 0 Å². The lowest BCUT2D eigenvalue weighted by Crippen LogP contribution is -2.39. The molecule has 0 aliphatic carbocycles. The van der Waals surface area contributed by atoms with Gasteiger partial charge in [-0.3, -0.25) is 0 Å². The van der Waals surface area contributed by atoms with Crippen LogP contribution in [0.3, 0.4) is 0 Å². The fraction of sp³-hybridized carbons (Fsp3) is 0.348. The van der Waals surface area contributed by atoms with Crippen LogP contribution in [-0.4, -0.2) is 53.1 Å². The summed E-state index contributed by atoms with van der Waals surface area (Å²) in [6, 6.07) is 12.7. The molecule has 0 atom stereocenters. The zero-order chi connectivity index (χ0) is 22.7. The number of ether oxygens (including phenoxy) is 3. The van der Waals surface area contributed by atoms with Crippen molar-refractivity contribution in [3.05, 3.63) is 47.8 Å². The van der Waals surface area contributed by atoms with Gasteiger partial charge in [0.05, 0.1) is 32.3 Å². The molecule has 4 rings (SSSR count). The Balaban J connectivity index is 1.48. The van der Waals surface area contributed by atoms with Gasteiger partial charge in [0, 0.05) is 30.1 Å². The highest BCUT2D eigenvalue weighted by molar-refractivity contribution is 7.92. The molecule has 0 amide bonds. The van der Waals surface area contributed by atoms with Crippen molar-refractivity contribution >= 4 is 26.3 Å². The smallest absolute Gasteiger partial charge is 0.185 e. The maximum atomic E-state index is 13.3. The topological polar surface area (TPSA) is 78.0 Å². The number of sulfone groups is 1. The van der Waals surface area contributed by atoms with E-state index in [9.17, 15) is 8.42 Å². The van der Waals surface area contributed by atoms with E-state index in [-0.39, 0.29) is 4.90 Å². The molecule has 0 saturated carbocycles. The molecule has 1 aromatic heterocycles. The van der Waals surface area contributed by atoms with Crippen molar-refractivity contribution in [3.8, 4) is 28.5 Å². The normalized spacial score (nSPS) is 14.9. The standard InChI is InChI=1S/C23H26N2O5S2/c1-28-17-6-4-5-16(13-17)20-15-31-23(24-20)25-11-9-19(10-12-25)32(26,27)22-14-18(29-2)7-8-21(22)30-3/h4-8,13-15,19H,9-12H2,1-3H3. The summed E-state index contributed by atoms with van der Waals surface area (Å²) in [5.74, 6) is 1.63. The van der Waals surface area contributed by atoms with E-state index >= 15 is 0 Å². The van der Waals surface area contributed by atoms with Crippen LogP contribution in [0.2, 0.25) is 0 Å². The molecule has 0 unspecified atom stereocenters. The number of piperidine rings is 1. The zero-order valence-electron chi connectivity index (χ0n) is 18.3. The predicted molar refractivity (Wildman–Crippen MR) is 126 cm³/mol. The second-order valence-electron chi connectivity index (χ2n) is 7.50. The van der Waals surface area contributed by atoms with Crippen LogP contribution in [0.4, 0.5) is 5.13 Å². The third-order valence-corrected chi connectivity index (χ3v) is 8.87. The Labute approximate surface area is 192 Å². The average Bonchev–Trinajstić information content (AvgIpc) is 3.34. The Morgan fingerprint density at radius 3 is 2.38 bits per heavy atom. The lowest BCUT2D eigenvalue weighted by atomic mass is 10.1. The summed E-state index contributed by atoms with van der Waals surface area (Å²) < 4.78 is 42.5. The minimum atomic E-state index is -3.55. The van der Waals surface area contributed by atoms with Gasteiger partial charge in [-0.15, -0.1) is 11.3 Å². The Morgan fingerprint density at radius 1 is 0.969 bits per heavy atom. The summed E-state index contributed by atoms with van der Waals surface area (Å²) >= 11 is 1.57. The monoisotopic (exact) mass is 474 g/mol. The first kappa shape index (κ1) is 22.4. The van der Waals surface area contributed by atoms with E-state index in [1.54, 1.807) is 36.6 Å². The maximum absolute atomic E-state index is 13.3. The molecule has 1 fully saturated rings. The molecule has 7 nitrogen and oxygen atoms in total. The molecule has 0 spiro atoms. The third-order valence-electron chi connectivity index (χ3n) is 5.69. The fourth-order valence-corrected chi connectivity index (χ4v) is 6.66. The molecule has 9 heteroatoms. The first-order chi connectivity index (χ1) is 15.5. The zero-order valence-corrected chi connectivity index (χ0v) is 19.9. The minimum absolute atomic E-state index is 0.187. The Kier molecular flexibility index (Phi) is 6.57. The number of anilines is 1. The summed E-state index contributed by atoms with van der Waals surface area (Å²) in [7, 11) is 1.09. The van der Waals surface area contributed by atoms with Gasteiger partial charge in [0.15, 0.2) is 15.0 Å². The van der Waals surface area contributed by atoms with Crippen molar-refractivity contribution in [2.45, 2.75) is 23.0 Å². The molecular weight excluding hydrogens is 448 g/mol. The number of aromatic nitrogens is 1. The van der Waals surface area contributed by atoms with Crippen molar-refractivity contribution in [2.75, 3.05) is 39.3 Å². The average molecular weight is 475 g/mol. The van der Waals surface area contributed by atoms with Crippen molar-refractivity contribution in [2.24, 2.45) is 0 Å². The molecule has 0 radical (unpaired) electrons. The van der Waals surface area contributed by atoms with Crippen molar-refractivity contribution in [1.29, 1.82) is 0 Å². The number of methoxy groups -OCH3 is 3. The molecule has 170 valence electrons. The molecule has 1 saturated heterocycles. The Morgan fingerprint density at radius 2 is 1.69 bits per heavy atom. The number of hydrogen-bond acceptors (Lipinski definition) is 8. The summed E-state index contributed by atoms with van der Waals surface area (Å²) in [4.78, 5) is 7.12. The van der Waals surface area contributed by atoms with Gasteiger partial charge in [0.2, 0.25) is 0 Å². The highest BCUT2D eigenvalue weighted by Crippen LogP contribution is 2.36. The van der Waals surface area contributed by atoms with E-state index < -0.39 is 15.1 Å². The van der Waals surface area contributed by atoms with E-state index in [0.29, 0.717) is 37.4 Å². The lowest BCUT2D eigenvalue weighted by molar-refractivity contribution is 0.391. The molecule has 2 heterocycles. The second-order valence-corrected chi connectivity index (χ2v) is 10.5. The van der Waals surface area contributed by atoms with Gasteiger partial charge in [0.1, 0.15) is 22.1 Å². The quantitative estimate of drug-likeness (QED) is 0.506. The number of benzene rings is 2. The summed E-state index contributed by atoms with van der Waals surface area (Å²) in [5, 5.41) is 2.45. The number of hydrogen-bond donors (Lipinski definition) is 0. The van der Waals surface area contributed by atoms with Crippen LogP contribution >= 0.6 is 11.3 Å². The molecule has 0 N–H and O–H groups in total. The van der Waals surface area contributed by atoms with Crippen molar-refractivity contribution in [3.63, 3.8) is 0 Å².